The van der Waals surface area contributed by atoms with Gasteiger partial charge in [-0.15, -0.1) is 0 Å². The third kappa shape index (κ3) is 2.82. The molecule has 0 aliphatic carbocycles. The fraction of sp³-hybridized carbons (Fsp3) is 0.235. The van der Waals surface area contributed by atoms with Crippen molar-refractivity contribution < 1.29 is 9.90 Å². The zero-order valence-corrected chi connectivity index (χ0v) is 12.0. The van der Waals surface area contributed by atoms with E-state index in [1.165, 1.54) is 0 Å². The molecule has 0 unspecified atom stereocenters. The molecule has 0 atom stereocenters. The van der Waals surface area contributed by atoms with Gasteiger partial charge in [-0.2, -0.15) is 0 Å². The van der Waals surface area contributed by atoms with E-state index < -0.39 is 5.41 Å². The number of aryl methyl sites for hydroxylation is 1. The predicted molar refractivity (Wildman–Crippen MR) is 80.9 cm³/mol. The summed E-state index contributed by atoms with van der Waals surface area (Å²) in [6.45, 7) is 5.58. The summed E-state index contributed by atoms with van der Waals surface area (Å²) in [5, 5.41) is 12.5. The van der Waals surface area contributed by atoms with Crippen LogP contribution in [0.4, 0.5) is 5.69 Å². The summed E-state index contributed by atoms with van der Waals surface area (Å²) in [5.41, 5.74) is 1.70. The lowest BCUT2D eigenvalue weighted by molar-refractivity contribution is -0.120. The van der Waals surface area contributed by atoms with Crippen LogP contribution in [-0.4, -0.2) is 11.0 Å². The van der Waals surface area contributed by atoms with E-state index in [0.717, 1.165) is 11.1 Å². The standard InChI is InChI=1S/C17H19NO2/c1-12-9-10-14(11-15(12)19)18-16(20)17(2,3)13-7-5-4-6-8-13/h4-11,19H,1-3H3,(H,18,20). The lowest BCUT2D eigenvalue weighted by Crippen LogP contribution is -2.34. The van der Waals surface area contributed by atoms with Gasteiger partial charge in [0.25, 0.3) is 0 Å². The molecule has 1 amide bonds. The summed E-state index contributed by atoms with van der Waals surface area (Å²) in [5.74, 6) is 0.0762. The Balaban J connectivity index is 2.21. The first kappa shape index (κ1) is 14.1. The Morgan fingerprint density at radius 2 is 1.75 bits per heavy atom. The van der Waals surface area contributed by atoms with Crippen molar-refractivity contribution in [2.75, 3.05) is 5.32 Å². The molecule has 2 aromatic carbocycles. The number of carbonyl (C=O) groups is 1. The van der Waals surface area contributed by atoms with Crippen LogP contribution < -0.4 is 5.32 Å². The molecule has 20 heavy (non-hydrogen) atoms. The predicted octanol–water partition coefficient (Wildman–Crippen LogP) is 3.62. The van der Waals surface area contributed by atoms with Crippen LogP contribution in [0.3, 0.4) is 0 Å². The van der Waals surface area contributed by atoms with Gasteiger partial charge in [0.1, 0.15) is 5.75 Å². The summed E-state index contributed by atoms with van der Waals surface area (Å²) < 4.78 is 0. The minimum absolute atomic E-state index is 0.105. The minimum atomic E-state index is -0.637. The van der Waals surface area contributed by atoms with Crippen LogP contribution in [0, 0.1) is 6.92 Å². The average molecular weight is 269 g/mol. The largest absolute Gasteiger partial charge is 0.508 e. The van der Waals surface area contributed by atoms with Crippen molar-refractivity contribution in [3.63, 3.8) is 0 Å². The zero-order chi connectivity index (χ0) is 14.8. The van der Waals surface area contributed by atoms with Gasteiger partial charge in [0.05, 0.1) is 5.41 Å². The maximum Gasteiger partial charge on any atom is 0.234 e. The Bertz CT molecular complexity index is 618. The first-order valence-electron chi connectivity index (χ1n) is 6.58. The summed E-state index contributed by atoms with van der Waals surface area (Å²) in [6, 6.07) is 14.8. The van der Waals surface area contributed by atoms with E-state index in [9.17, 15) is 9.90 Å². The quantitative estimate of drug-likeness (QED) is 0.894. The number of phenols is 1. The Hall–Kier alpha value is -2.29. The van der Waals surface area contributed by atoms with E-state index in [-0.39, 0.29) is 11.7 Å². The number of aromatic hydroxyl groups is 1. The van der Waals surface area contributed by atoms with Gasteiger partial charge in [-0.3, -0.25) is 4.79 Å². The second-order valence-electron chi connectivity index (χ2n) is 5.45. The maximum atomic E-state index is 12.4. The first-order valence-corrected chi connectivity index (χ1v) is 6.58. The van der Waals surface area contributed by atoms with Crippen molar-refractivity contribution in [2.24, 2.45) is 0 Å². The van der Waals surface area contributed by atoms with Crippen LogP contribution in [0.5, 0.6) is 5.75 Å². The van der Waals surface area contributed by atoms with E-state index in [0.29, 0.717) is 5.69 Å². The van der Waals surface area contributed by atoms with Crippen molar-refractivity contribution in [2.45, 2.75) is 26.2 Å². The highest BCUT2D eigenvalue weighted by atomic mass is 16.3. The van der Waals surface area contributed by atoms with Crippen LogP contribution in [0.15, 0.2) is 48.5 Å². The van der Waals surface area contributed by atoms with Gasteiger partial charge in [-0.05, 0) is 38.0 Å². The summed E-state index contributed by atoms with van der Waals surface area (Å²) >= 11 is 0. The van der Waals surface area contributed by atoms with E-state index in [1.54, 1.807) is 18.2 Å². The van der Waals surface area contributed by atoms with Crippen LogP contribution in [0.25, 0.3) is 0 Å². The molecule has 0 fully saturated rings. The third-order valence-electron chi connectivity index (χ3n) is 3.53. The highest BCUT2D eigenvalue weighted by Crippen LogP contribution is 2.26. The lowest BCUT2D eigenvalue weighted by atomic mass is 9.83. The fourth-order valence-electron chi connectivity index (χ4n) is 1.96. The van der Waals surface area contributed by atoms with Crippen LogP contribution in [0.2, 0.25) is 0 Å². The van der Waals surface area contributed by atoms with Gasteiger partial charge in [-0.25, -0.2) is 0 Å². The fourth-order valence-corrected chi connectivity index (χ4v) is 1.96. The molecule has 0 aromatic heterocycles. The number of nitrogens with one attached hydrogen (secondary N) is 1. The van der Waals surface area contributed by atoms with E-state index in [4.69, 9.17) is 0 Å². The Kier molecular flexibility index (Phi) is 3.79. The monoisotopic (exact) mass is 269 g/mol. The Morgan fingerprint density at radius 1 is 1.10 bits per heavy atom. The van der Waals surface area contributed by atoms with E-state index in [2.05, 4.69) is 5.32 Å². The van der Waals surface area contributed by atoms with Gasteiger partial charge in [0.2, 0.25) is 5.91 Å². The molecule has 3 nitrogen and oxygen atoms in total. The molecule has 0 aliphatic rings. The number of phenolic OH excluding ortho intramolecular Hbond substituents is 1. The molecular weight excluding hydrogens is 250 g/mol. The van der Waals surface area contributed by atoms with E-state index in [1.807, 2.05) is 51.1 Å². The Morgan fingerprint density at radius 3 is 2.35 bits per heavy atom. The SMILES string of the molecule is Cc1ccc(NC(=O)C(C)(C)c2ccccc2)cc1O. The Labute approximate surface area is 119 Å². The van der Waals surface area contributed by atoms with Gasteiger partial charge in [-0.1, -0.05) is 36.4 Å². The van der Waals surface area contributed by atoms with Gasteiger partial charge in [0, 0.05) is 11.8 Å². The van der Waals surface area contributed by atoms with Crippen molar-refractivity contribution >= 4 is 11.6 Å². The zero-order valence-electron chi connectivity index (χ0n) is 12.0. The molecule has 3 heteroatoms. The molecule has 2 rings (SSSR count). The highest BCUT2D eigenvalue weighted by Gasteiger charge is 2.29. The number of benzene rings is 2. The molecule has 0 aliphatic heterocycles. The molecular formula is C17H19NO2. The summed E-state index contributed by atoms with van der Waals surface area (Å²) in [6.07, 6.45) is 0. The minimum Gasteiger partial charge on any atom is -0.508 e. The molecule has 104 valence electrons. The van der Waals surface area contributed by atoms with Crippen LogP contribution in [0.1, 0.15) is 25.0 Å². The van der Waals surface area contributed by atoms with Crippen molar-refractivity contribution in [3.8, 4) is 5.75 Å². The van der Waals surface area contributed by atoms with Gasteiger partial charge >= 0.3 is 0 Å². The van der Waals surface area contributed by atoms with Crippen molar-refractivity contribution in [3.05, 3.63) is 59.7 Å². The van der Waals surface area contributed by atoms with Crippen LogP contribution >= 0.6 is 0 Å². The van der Waals surface area contributed by atoms with Crippen molar-refractivity contribution in [1.29, 1.82) is 0 Å². The number of amides is 1. The summed E-state index contributed by atoms with van der Waals surface area (Å²) in [4.78, 5) is 12.4. The smallest absolute Gasteiger partial charge is 0.234 e. The van der Waals surface area contributed by atoms with Crippen LogP contribution in [-0.2, 0) is 10.2 Å². The van der Waals surface area contributed by atoms with Gasteiger partial charge in [0.15, 0.2) is 0 Å². The molecule has 2 aromatic rings. The molecule has 0 radical (unpaired) electrons. The second-order valence-corrected chi connectivity index (χ2v) is 5.45. The second kappa shape index (κ2) is 5.37. The number of anilines is 1. The van der Waals surface area contributed by atoms with E-state index >= 15 is 0 Å². The molecule has 0 heterocycles. The molecule has 0 spiro atoms. The van der Waals surface area contributed by atoms with Crippen molar-refractivity contribution in [1.82, 2.24) is 0 Å². The highest BCUT2D eigenvalue weighted by molar-refractivity contribution is 5.98. The number of hydrogen-bond acceptors (Lipinski definition) is 2. The summed E-state index contributed by atoms with van der Waals surface area (Å²) in [7, 11) is 0. The first-order chi connectivity index (χ1) is 9.41. The lowest BCUT2D eigenvalue weighted by Gasteiger charge is -2.24. The average Bonchev–Trinajstić information content (AvgIpc) is 2.44. The van der Waals surface area contributed by atoms with Gasteiger partial charge < -0.3 is 10.4 Å². The molecule has 2 N–H and O–H groups in total. The molecule has 0 saturated heterocycles. The number of hydrogen-bond donors (Lipinski definition) is 2. The molecule has 0 bridgehead atoms. The maximum absolute atomic E-state index is 12.4. The third-order valence-corrected chi connectivity index (χ3v) is 3.53. The normalized spacial score (nSPS) is 11.2. The number of carbonyl (C=O) groups excluding carboxylic acids is 1. The molecule has 0 saturated carbocycles. The topological polar surface area (TPSA) is 49.3 Å². The number of rotatable bonds is 3.